The zero-order chi connectivity index (χ0) is 25.0. The van der Waals surface area contributed by atoms with Crippen LogP contribution in [0.3, 0.4) is 0 Å². The molecule has 0 fully saturated rings. The molecule has 0 aromatic heterocycles. The number of benzene rings is 2. The number of likely N-dealkylation sites (N-methyl/N-ethyl adjacent to an activating group) is 2. The number of hydrogen-bond donors (Lipinski definition) is 0. The Morgan fingerprint density at radius 1 is 0.861 bits per heavy atom. The van der Waals surface area contributed by atoms with Crippen molar-refractivity contribution < 1.29 is 0 Å². The van der Waals surface area contributed by atoms with Gasteiger partial charge in [-0.25, -0.2) is 0 Å². The maximum Gasteiger partial charge on any atom is 0.0565 e. The van der Waals surface area contributed by atoms with Gasteiger partial charge in [-0.1, -0.05) is 93.9 Å². The van der Waals surface area contributed by atoms with Gasteiger partial charge in [0, 0.05) is 47.0 Å². The lowest BCUT2D eigenvalue weighted by atomic mass is 9.80. The highest BCUT2D eigenvalue weighted by Gasteiger charge is 2.41. The second-order valence-corrected chi connectivity index (χ2v) is 11.7. The molecule has 0 bridgehead atoms. The molecule has 2 nitrogen and oxygen atoms in total. The highest BCUT2D eigenvalue weighted by Crippen LogP contribution is 2.47. The molecule has 1 aliphatic carbocycles. The number of allylic oxidation sites excluding steroid dienone is 7. The van der Waals surface area contributed by atoms with E-state index in [1.54, 1.807) is 0 Å². The number of nitrogens with zero attached hydrogens (tertiary/aromatic N) is 2. The number of fused-ring (bicyclic) bond motifs is 2. The number of hydrogen-bond acceptors (Lipinski definition) is 2. The summed E-state index contributed by atoms with van der Waals surface area (Å²) in [6, 6.07) is 17.8. The summed E-state index contributed by atoms with van der Waals surface area (Å²) in [6.07, 6.45) is 12.4. The first kappa shape index (κ1) is 26.6. The fraction of sp³-hybridized carbons (Fsp3) is 0.375. The molecule has 1 unspecified atom stereocenters. The lowest BCUT2D eigenvalue weighted by Gasteiger charge is -2.30. The van der Waals surface area contributed by atoms with Gasteiger partial charge in [-0.15, -0.1) is 12.4 Å². The van der Waals surface area contributed by atoms with E-state index in [0.717, 1.165) is 24.3 Å². The first-order valence-corrected chi connectivity index (χ1v) is 13.2. The standard InChI is InChI=1S/C32H37ClN2.ClH/c1-31(2)24-14-7-9-16-26(24)34(5)28(31)20-18-22-12-11-13-23(30(22)33)19-21-29-32(3,4)25-15-8-10-17-27(25)35(29)6;/h7-10,14-21,28H,11-13H2,1-6H3;1H. The normalized spacial score (nSPS) is 24.5. The van der Waals surface area contributed by atoms with Gasteiger partial charge in [-0.2, -0.15) is 0 Å². The molecule has 1 atom stereocenters. The molecule has 0 saturated heterocycles. The van der Waals surface area contributed by atoms with Gasteiger partial charge in [-0.05, 0) is 59.7 Å². The van der Waals surface area contributed by atoms with Gasteiger partial charge in [0.2, 0.25) is 0 Å². The molecule has 2 aliphatic heterocycles. The van der Waals surface area contributed by atoms with Crippen LogP contribution in [0.1, 0.15) is 58.1 Å². The summed E-state index contributed by atoms with van der Waals surface area (Å²) in [5.74, 6) is 0. The van der Waals surface area contributed by atoms with Crippen LogP contribution >= 0.6 is 24.0 Å². The number of para-hydroxylation sites is 2. The van der Waals surface area contributed by atoms with E-state index in [4.69, 9.17) is 11.6 Å². The van der Waals surface area contributed by atoms with Crippen LogP contribution in [0, 0.1) is 0 Å². The van der Waals surface area contributed by atoms with E-state index in [1.165, 1.54) is 39.3 Å². The van der Waals surface area contributed by atoms with Crippen LogP contribution in [0.15, 0.2) is 94.7 Å². The predicted octanol–water partition coefficient (Wildman–Crippen LogP) is 8.68. The molecule has 2 aromatic carbocycles. The molecule has 0 radical (unpaired) electrons. The van der Waals surface area contributed by atoms with Crippen molar-refractivity contribution in [2.24, 2.45) is 0 Å². The Hall–Kier alpha value is -2.42. The molecule has 0 N–H and O–H groups in total. The predicted molar refractivity (Wildman–Crippen MR) is 159 cm³/mol. The second kappa shape index (κ2) is 9.80. The Bertz CT molecular complexity index is 1280. The summed E-state index contributed by atoms with van der Waals surface area (Å²) in [5.41, 5.74) is 9.25. The van der Waals surface area contributed by atoms with Crippen molar-refractivity contribution in [3.8, 4) is 0 Å². The van der Waals surface area contributed by atoms with E-state index in [0.29, 0.717) is 6.04 Å². The monoisotopic (exact) mass is 520 g/mol. The molecule has 3 aliphatic rings. The third-order valence-corrected chi connectivity index (χ3v) is 8.94. The molecular weight excluding hydrogens is 483 g/mol. The van der Waals surface area contributed by atoms with E-state index < -0.39 is 0 Å². The minimum atomic E-state index is -0.0242. The van der Waals surface area contributed by atoms with Gasteiger partial charge in [0.05, 0.1) is 6.04 Å². The van der Waals surface area contributed by atoms with Gasteiger partial charge in [0.15, 0.2) is 0 Å². The molecule has 2 aromatic rings. The fourth-order valence-corrected chi connectivity index (χ4v) is 6.70. The smallest absolute Gasteiger partial charge is 0.0565 e. The molecule has 0 amide bonds. The van der Waals surface area contributed by atoms with Crippen LogP contribution < -0.4 is 9.80 Å². The third-order valence-electron chi connectivity index (χ3n) is 8.45. The molecule has 190 valence electrons. The molecule has 5 rings (SSSR count). The first-order valence-electron chi connectivity index (χ1n) is 12.8. The van der Waals surface area contributed by atoms with Crippen LogP contribution in [0.5, 0.6) is 0 Å². The van der Waals surface area contributed by atoms with E-state index in [2.05, 4.69) is 124 Å². The molecule has 0 spiro atoms. The van der Waals surface area contributed by atoms with Crippen molar-refractivity contribution in [3.05, 3.63) is 106 Å². The molecular formula is C32H38Cl2N2. The van der Waals surface area contributed by atoms with Crippen molar-refractivity contribution in [1.82, 2.24) is 0 Å². The van der Waals surface area contributed by atoms with Crippen molar-refractivity contribution in [3.63, 3.8) is 0 Å². The molecule has 36 heavy (non-hydrogen) atoms. The van der Waals surface area contributed by atoms with E-state index >= 15 is 0 Å². The van der Waals surface area contributed by atoms with Gasteiger partial charge in [0.1, 0.15) is 0 Å². The Labute approximate surface area is 228 Å². The summed E-state index contributed by atoms with van der Waals surface area (Å²) >= 11 is 7.02. The molecule has 4 heteroatoms. The quantitative estimate of drug-likeness (QED) is 0.399. The molecule has 2 heterocycles. The SMILES string of the molecule is CN1C(=CC=C2CCCC(C=CC3N(C)c4ccccc4C3(C)C)=C2Cl)C(C)(C)c2ccccc21.Cl. The average Bonchev–Trinajstić information content (AvgIpc) is 3.16. The van der Waals surface area contributed by atoms with Crippen LogP contribution in [-0.4, -0.2) is 20.1 Å². The summed E-state index contributed by atoms with van der Waals surface area (Å²) in [7, 11) is 4.37. The van der Waals surface area contributed by atoms with E-state index in [1.807, 2.05) is 0 Å². The van der Waals surface area contributed by atoms with Crippen molar-refractivity contribution in [1.29, 1.82) is 0 Å². The van der Waals surface area contributed by atoms with Crippen LogP contribution in [0.4, 0.5) is 11.4 Å². The van der Waals surface area contributed by atoms with Gasteiger partial charge in [0.25, 0.3) is 0 Å². The zero-order valence-electron chi connectivity index (χ0n) is 22.3. The summed E-state index contributed by atoms with van der Waals surface area (Å²) in [5, 5.41) is 0.927. The Morgan fingerprint density at radius 3 is 2.17 bits per heavy atom. The van der Waals surface area contributed by atoms with Gasteiger partial charge in [-0.3, -0.25) is 0 Å². The van der Waals surface area contributed by atoms with Crippen molar-refractivity contribution in [2.75, 3.05) is 23.9 Å². The van der Waals surface area contributed by atoms with Crippen LogP contribution in [-0.2, 0) is 10.8 Å². The minimum absolute atomic E-state index is 0. The van der Waals surface area contributed by atoms with Crippen LogP contribution in [0.2, 0.25) is 0 Å². The summed E-state index contributed by atoms with van der Waals surface area (Å²) in [6.45, 7) is 9.31. The van der Waals surface area contributed by atoms with E-state index in [-0.39, 0.29) is 23.2 Å². The highest BCUT2D eigenvalue weighted by molar-refractivity contribution is 6.32. The first-order chi connectivity index (χ1) is 16.6. The second-order valence-electron chi connectivity index (χ2n) is 11.3. The average molecular weight is 522 g/mol. The fourth-order valence-electron chi connectivity index (χ4n) is 6.39. The maximum atomic E-state index is 7.02. The lowest BCUT2D eigenvalue weighted by Crippen LogP contribution is -2.37. The highest BCUT2D eigenvalue weighted by atomic mass is 35.5. The van der Waals surface area contributed by atoms with E-state index in [9.17, 15) is 0 Å². The lowest BCUT2D eigenvalue weighted by molar-refractivity contribution is 0.487. The topological polar surface area (TPSA) is 6.48 Å². The Balaban J connectivity index is 0.00000304. The minimum Gasteiger partial charge on any atom is -0.367 e. The number of rotatable bonds is 3. The van der Waals surface area contributed by atoms with Gasteiger partial charge >= 0.3 is 0 Å². The summed E-state index contributed by atoms with van der Waals surface area (Å²) < 4.78 is 0. The summed E-state index contributed by atoms with van der Waals surface area (Å²) in [4.78, 5) is 4.73. The Kier molecular flexibility index (Phi) is 7.25. The zero-order valence-corrected chi connectivity index (χ0v) is 23.9. The Morgan fingerprint density at radius 2 is 1.50 bits per heavy atom. The van der Waals surface area contributed by atoms with Gasteiger partial charge < -0.3 is 9.80 Å². The van der Waals surface area contributed by atoms with Crippen molar-refractivity contribution in [2.45, 2.75) is 63.8 Å². The third kappa shape index (κ3) is 4.23. The number of halogens is 2. The molecule has 0 saturated carbocycles. The maximum absolute atomic E-state index is 7.02. The largest absolute Gasteiger partial charge is 0.367 e. The number of anilines is 2. The van der Waals surface area contributed by atoms with Crippen molar-refractivity contribution >= 4 is 35.4 Å². The van der Waals surface area contributed by atoms with Crippen LogP contribution in [0.25, 0.3) is 0 Å².